The van der Waals surface area contributed by atoms with E-state index >= 15 is 0 Å². The van der Waals surface area contributed by atoms with Crippen molar-refractivity contribution in [2.45, 2.75) is 45.7 Å². The summed E-state index contributed by atoms with van der Waals surface area (Å²) in [5, 5.41) is 4.41. The van der Waals surface area contributed by atoms with Crippen LogP contribution in [0.5, 0.6) is 0 Å². The van der Waals surface area contributed by atoms with E-state index in [4.69, 9.17) is 4.74 Å². The van der Waals surface area contributed by atoms with Crippen molar-refractivity contribution in [3.05, 3.63) is 35.2 Å². The molecule has 7 heteroatoms. The molecule has 2 aliphatic rings. The molecule has 1 unspecified atom stereocenters. The lowest BCUT2D eigenvalue weighted by molar-refractivity contribution is 0.0608. The van der Waals surface area contributed by atoms with Gasteiger partial charge in [0.2, 0.25) is 0 Å². The van der Waals surface area contributed by atoms with Crippen LogP contribution in [0.2, 0.25) is 0 Å². The van der Waals surface area contributed by atoms with E-state index in [1.54, 1.807) is 4.68 Å². The van der Waals surface area contributed by atoms with E-state index in [0.717, 1.165) is 23.9 Å². The molecule has 7 nitrogen and oxygen atoms in total. The average molecular weight is 357 g/mol. The Morgan fingerprint density at radius 2 is 2.15 bits per heavy atom. The topological polar surface area (TPSA) is 65.2 Å². The van der Waals surface area contributed by atoms with Crippen molar-refractivity contribution in [3.63, 3.8) is 0 Å². The van der Waals surface area contributed by atoms with Crippen LogP contribution in [0.25, 0.3) is 0 Å². The maximum atomic E-state index is 13.1. The summed E-state index contributed by atoms with van der Waals surface area (Å²) < 4.78 is 9.82. The predicted octanol–water partition coefficient (Wildman–Crippen LogP) is 2.11. The fourth-order valence-corrected chi connectivity index (χ4v) is 3.80. The lowest BCUT2D eigenvalue weighted by atomic mass is 9.98. The number of hydrogen-bond acceptors (Lipinski definition) is 4. The van der Waals surface area contributed by atoms with E-state index < -0.39 is 0 Å². The number of rotatable bonds is 6. The van der Waals surface area contributed by atoms with Gasteiger partial charge in [0.05, 0.1) is 30.9 Å². The summed E-state index contributed by atoms with van der Waals surface area (Å²) in [5.41, 5.74) is 3.70. The maximum absolute atomic E-state index is 13.1. The number of hydrogen-bond donors (Lipinski definition) is 0. The highest BCUT2D eigenvalue weighted by atomic mass is 16.5. The molecule has 0 aromatic carbocycles. The minimum atomic E-state index is 0.0240. The van der Waals surface area contributed by atoms with E-state index in [9.17, 15) is 4.79 Å². The Labute approximate surface area is 154 Å². The molecule has 0 bridgehead atoms. The number of aromatic nitrogens is 4. The number of amides is 1. The summed E-state index contributed by atoms with van der Waals surface area (Å²) in [6.45, 7) is 7.28. The molecule has 26 heavy (non-hydrogen) atoms. The maximum Gasteiger partial charge on any atom is 0.272 e. The molecule has 140 valence electrons. The molecule has 0 spiro atoms. The van der Waals surface area contributed by atoms with Crippen molar-refractivity contribution >= 4 is 5.91 Å². The Hall–Kier alpha value is -2.15. The number of fused-ring (bicyclic) bond motifs is 1. The van der Waals surface area contributed by atoms with Gasteiger partial charge in [0.25, 0.3) is 5.91 Å². The first-order valence-corrected chi connectivity index (χ1v) is 9.48. The molecule has 1 saturated carbocycles. The zero-order chi connectivity index (χ0) is 18.3. The third-order valence-corrected chi connectivity index (χ3v) is 5.31. The van der Waals surface area contributed by atoms with Crippen molar-refractivity contribution in [1.29, 1.82) is 0 Å². The van der Waals surface area contributed by atoms with Gasteiger partial charge in [-0.1, -0.05) is 0 Å². The molecule has 1 amide bonds. The molecule has 1 atom stereocenters. The quantitative estimate of drug-likeness (QED) is 0.794. The number of carbonyl (C=O) groups is 1. The molecule has 4 rings (SSSR count). The van der Waals surface area contributed by atoms with Crippen molar-refractivity contribution in [2.24, 2.45) is 13.0 Å². The Kier molecular flexibility index (Phi) is 4.56. The highest BCUT2D eigenvalue weighted by Gasteiger charge is 2.33. The summed E-state index contributed by atoms with van der Waals surface area (Å²) in [5.74, 6) is 0.924. The molecule has 0 N–H and O–H groups in total. The average Bonchev–Trinajstić information content (AvgIpc) is 3.27. The van der Waals surface area contributed by atoms with Crippen molar-refractivity contribution in [2.75, 3.05) is 19.8 Å². The van der Waals surface area contributed by atoms with Gasteiger partial charge < -0.3 is 14.2 Å². The first-order chi connectivity index (χ1) is 12.6. The molecular weight excluding hydrogens is 330 g/mol. The van der Waals surface area contributed by atoms with Crippen molar-refractivity contribution in [1.82, 2.24) is 24.2 Å². The summed E-state index contributed by atoms with van der Waals surface area (Å²) in [6.07, 6.45) is 4.41. The van der Waals surface area contributed by atoms with Crippen LogP contribution >= 0.6 is 0 Å². The van der Waals surface area contributed by atoms with Gasteiger partial charge >= 0.3 is 0 Å². The lowest BCUT2D eigenvalue weighted by Crippen LogP contribution is -2.41. The van der Waals surface area contributed by atoms with Crippen LogP contribution in [-0.2, 0) is 24.9 Å². The smallest absolute Gasteiger partial charge is 0.272 e. The standard InChI is InChI=1S/C19H27N5O2/c1-4-24-17(7-13(2)21-24)19(25)23-8-15(11-26-10-14-5-6-14)18-16(9-23)20-12-22(18)3/h7,12,14-15H,4-6,8-11H2,1-3H3. The van der Waals surface area contributed by atoms with E-state index in [0.29, 0.717) is 31.9 Å². The molecule has 2 aromatic heterocycles. The van der Waals surface area contributed by atoms with Gasteiger partial charge in [-0.3, -0.25) is 9.48 Å². The zero-order valence-electron chi connectivity index (χ0n) is 15.8. The zero-order valence-corrected chi connectivity index (χ0v) is 15.8. The van der Waals surface area contributed by atoms with Crippen molar-refractivity contribution in [3.8, 4) is 0 Å². The Balaban J connectivity index is 1.54. The molecule has 1 fully saturated rings. The Morgan fingerprint density at radius 3 is 2.88 bits per heavy atom. The first kappa shape index (κ1) is 17.3. The number of imidazole rings is 1. The molecule has 2 aromatic rings. The fourth-order valence-electron chi connectivity index (χ4n) is 3.80. The molecule has 1 aliphatic carbocycles. The van der Waals surface area contributed by atoms with Crippen LogP contribution in [0.4, 0.5) is 0 Å². The molecule has 1 aliphatic heterocycles. The molecular formula is C19H27N5O2. The Bertz CT molecular complexity index is 805. The second-order valence-corrected chi connectivity index (χ2v) is 7.54. The van der Waals surface area contributed by atoms with E-state index in [1.165, 1.54) is 18.5 Å². The van der Waals surface area contributed by atoms with Crippen LogP contribution in [-0.4, -0.2) is 49.9 Å². The van der Waals surface area contributed by atoms with Gasteiger partial charge in [0, 0.05) is 38.4 Å². The highest BCUT2D eigenvalue weighted by molar-refractivity contribution is 5.92. The lowest BCUT2D eigenvalue weighted by Gasteiger charge is -2.33. The number of ether oxygens (including phenoxy) is 1. The van der Waals surface area contributed by atoms with E-state index in [2.05, 4.69) is 14.6 Å². The number of carbonyl (C=O) groups excluding carboxylic acids is 1. The minimum Gasteiger partial charge on any atom is -0.380 e. The van der Waals surface area contributed by atoms with Crippen LogP contribution in [0.15, 0.2) is 12.4 Å². The van der Waals surface area contributed by atoms with Crippen LogP contribution in [0, 0.1) is 12.8 Å². The van der Waals surface area contributed by atoms with Gasteiger partial charge in [-0.05, 0) is 38.7 Å². The largest absolute Gasteiger partial charge is 0.380 e. The monoisotopic (exact) mass is 357 g/mol. The summed E-state index contributed by atoms with van der Waals surface area (Å²) in [7, 11) is 2.02. The van der Waals surface area contributed by atoms with Crippen LogP contribution in [0.3, 0.4) is 0 Å². The fraction of sp³-hybridized carbons (Fsp3) is 0.632. The summed E-state index contributed by atoms with van der Waals surface area (Å²) in [4.78, 5) is 19.6. The van der Waals surface area contributed by atoms with Crippen LogP contribution < -0.4 is 0 Å². The third kappa shape index (κ3) is 3.28. The predicted molar refractivity (Wildman–Crippen MR) is 96.9 cm³/mol. The molecule has 0 radical (unpaired) electrons. The summed E-state index contributed by atoms with van der Waals surface area (Å²) in [6, 6.07) is 1.87. The van der Waals surface area contributed by atoms with Crippen LogP contribution in [0.1, 0.15) is 53.3 Å². The molecule has 3 heterocycles. The Morgan fingerprint density at radius 1 is 1.35 bits per heavy atom. The van der Waals surface area contributed by atoms with E-state index in [-0.39, 0.29) is 11.8 Å². The normalized spacial score (nSPS) is 19.7. The third-order valence-electron chi connectivity index (χ3n) is 5.31. The number of nitrogens with zero attached hydrogens (tertiary/aromatic N) is 5. The SMILES string of the molecule is CCn1nc(C)cc1C(=O)N1Cc2ncn(C)c2C(COCC2CC2)C1. The summed E-state index contributed by atoms with van der Waals surface area (Å²) >= 11 is 0. The van der Waals surface area contributed by atoms with Gasteiger partial charge in [0.1, 0.15) is 5.69 Å². The van der Waals surface area contributed by atoms with Gasteiger partial charge in [-0.25, -0.2) is 4.98 Å². The van der Waals surface area contributed by atoms with Gasteiger partial charge in [-0.15, -0.1) is 0 Å². The van der Waals surface area contributed by atoms with Gasteiger partial charge in [0.15, 0.2) is 0 Å². The van der Waals surface area contributed by atoms with Crippen molar-refractivity contribution < 1.29 is 9.53 Å². The highest BCUT2D eigenvalue weighted by Crippen LogP contribution is 2.31. The number of aryl methyl sites for hydroxylation is 3. The van der Waals surface area contributed by atoms with E-state index in [1.807, 2.05) is 38.2 Å². The van der Waals surface area contributed by atoms with Gasteiger partial charge in [-0.2, -0.15) is 5.10 Å². The minimum absolute atomic E-state index is 0.0240. The first-order valence-electron chi connectivity index (χ1n) is 9.48. The second-order valence-electron chi connectivity index (χ2n) is 7.54. The second kappa shape index (κ2) is 6.87. The molecule has 0 saturated heterocycles.